The molecular formula is C17H24N4O2. The van der Waals surface area contributed by atoms with Gasteiger partial charge in [-0.3, -0.25) is 4.79 Å². The van der Waals surface area contributed by atoms with Crippen molar-refractivity contribution in [3.8, 4) is 0 Å². The Balaban J connectivity index is 2.10. The molecule has 0 aliphatic carbocycles. The number of nitrogens with zero attached hydrogens (tertiary/aromatic N) is 3. The summed E-state index contributed by atoms with van der Waals surface area (Å²) < 4.78 is 1.96. The average molecular weight is 316 g/mol. The first-order valence-electron chi connectivity index (χ1n) is 7.69. The minimum Gasteiger partial charge on any atom is -0.481 e. The SMILES string of the molecule is CC(C)(C)CCn1cnc(C(Cc2ccc(N)nc2)C(=O)O)c1. The van der Waals surface area contributed by atoms with Crippen LogP contribution in [0.2, 0.25) is 0 Å². The second kappa shape index (κ2) is 6.81. The van der Waals surface area contributed by atoms with E-state index in [1.165, 1.54) is 0 Å². The Morgan fingerprint density at radius 3 is 2.65 bits per heavy atom. The summed E-state index contributed by atoms with van der Waals surface area (Å²) in [5.41, 5.74) is 7.19. The second-order valence-electron chi connectivity index (χ2n) is 7.03. The highest BCUT2D eigenvalue weighted by Gasteiger charge is 2.23. The highest BCUT2D eigenvalue weighted by molar-refractivity contribution is 5.75. The van der Waals surface area contributed by atoms with Crippen LogP contribution in [-0.4, -0.2) is 25.6 Å². The Morgan fingerprint density at radius 1 is 1.35 bits per heavy atom. The summed E-state index contributed by atoms with van der Waals surface area (Å²) in [5.74, 6) is -1.15. The first-order valence-corrected chi connectivity index (χ1v) is 7.69. The average Bonchev–Trinajstić information content (AvgIpc) is 2.92. The molecule has 0 amide bonds. The summed E-state index contributed by atoms with van der Waals surface area (Å²) in [6.45, 7) is 7.36. The van der Waals surface area contributed by atoms with Crippen LogP contribution in [0.25, 0.3) is 0 Å². The summed E-state index contributed by atoms with van der Waals surface area (Å²) in [7, 11) is 0. The van der Waals surface area contributed by atoms with E-state index in [2.05, 4.69) is 30.7 Å². The van der Waals surface area contributed by atoms with Crippen molar-refractivity contribution in [1.29, 1.82) is 0 Å². The van der Waals surface area contributed by atoms with Crippen LogP contribution in [0.4, 0.5) is 5.82 Å². The summed E-state index contributed by atoms with van der Waals surface area (Å²) in [6.07, 6.45) is 6.50. The molecule has 0 aliphatic heterocycles. The van der Waals surface area contributed by atoms with Crippen LogP contribution in [-0.2, 0) is 17.8 Å². The highest BCUT2D eigenvalue weighted by atomic mass is 16.4. The van der Waals surface area contributed by atoms with Crippen molar-refractivity contribution in [2.75, 3.05) is 5.73 Å². The topological polar surface area (TPSA) is 94.0 Å². The third-order valence-corrected chi connectivity index (χ3v) is 3.72. The van der Waals surface area contributed by atoms with Crippen molar-refractivity contribution < 1.29 is 9.90 Å². The fourth-order valence-electron chi connectivity index (χ4n) is 2.25. The minimum absolute atomic E-state index is 0.228. The van der Waals surface area contributed by atoms with Crippen molar-refractivity contribution in [1.82, 2.24) is 14.5 Å². The number of aryl methyl sites for hydroxylation is 1. The van der Waals surface area contributed by atoms with Crippen molar-refractivity contribution in [2.45, 2.75) is 46.1 Å². The Hall–Kier alpha value is -2.37. The van der Waals surface area contributed by atoms with Crippen molar-refractivity contribution in [2.24, 2.45) is 5.41 Å². The number of pyridine rings is 1. The smallest absolute Gasteiger partial charge is 0.312 e. The monoisotopic (exact) mass is 316 g/mol. The van der Waals surface area contributed by atoms with Gasteiger partial charge in [-0.15, -0.1) is 0 Å². The lowest BCUT2D eigenvalue weighted by atomic mass is 9.92. The molecule has 0 aromatic carbocycles. The number of hydrogen-bond donors (Lipinski definition) is 2. The van der Waals surface area contributed by atoms with Crippen LogP contribution in [0.5, 0.6) is 0 Å². The molecule has 0 aliphatic rings. The maximum absolute atomic E-state index is 11.6. The maximum Gasteiger partial charge on any atom is 0.312 e. The highest BCUT2D eigenvalue weighted by Crippen LogP contribution is 2.22. The van der Waals surface area contributed by atoms with Gasteiger partial charge in [0.2, 0.25) is 0 Å². The van der Waals surface area contributed by atoms with Gasteiger partial charge < -0.3 is 15.4 Å². The first kappa shape index (κ1) is 17.0. The summed E-state index contributed by atoms with van der Waals surface area (Å²) in [5, 5.41) is 9.52. The molecule has 2 aromatic heterocycles. The number of imidazole rings is 1. The summed E-state index contributed by atoms with van der Waals surface area (Å²) >= 11 is 0. The minimum atomic E-state index is -0.886. The van der Waals surface area contributed by atoms with E-state index in [9.17, 15) is 9.90 Å². The predicted octanol–water partition coefficient (Wildman–Crippen LogP) is 2.71. The van der Waals surface area contributed by atoms with Gasteiger partial charge in [-0.25, -0.2) is 9.97 Å². The molecule has 0 spiro atoms. The number of anilines is 1. The van der Waals surface area contributed by atoms with E-state index >= 15 is 0 Å². The number of carbonyl (C=O) groups is 1. The number of nitrogens with two attached hydrogens (primary N) is 1. The molecule has 0 fully saturated rings. The van der Waals surface area contributed by atoms with Crippen LogP contribution < -0.4 is 5.73 Å². The molecule has 0 bridgehead atoms. The Morgan fingerprint density at radius 2 is 2.09 bits per heavy atom. The van der Waals surface area contributed by atoms with E-state index in [1.54, 1.807) is 24.7 Å². The lowest BCUT2D eigenvalue weighted by Gasteiger charge is -2.17. The van der Waals surface area contributed by atoms with Gasteiger partial charge in [-0.05, 0) is 29.9 Å². The zero-order valence-electron chi connectivity index (χ0n) is 13.9. The van der Waals surface area contributed by atoms with Crippen LogP contribution in [0.15, 0.2) is 30.9 Å². The fraction of sp³-hybridized carbons (Fsp3) is 0.471. The molecule has 6 heteroatoms. The third-order valence-electron chi connectivity index (χ3n) is 3.72. The first-order chi connectivity index (χ1) is 10.7. The van der Waals surface area contributed by atoms with Gasteiger partial charge in [0.05, 0.1) is 12.0 Å². The molecule has 0 radical (unpaired) electrons. The molecular weight excluding hydrogens is 292 g/mol. The molecule has 2 aromatic rings. The van der Waals surface area contributed by atoms with Crippen LogP contribution in [0.1, 0.15) is 44.4 Å². The van der Waals surface area contributed by atoms with Crippen LogP contribution in [0.3, 0.4) is 0 Å². The van der Waals surface area contributed by atoms with Gasteiger partial charge in [-0.1, -0.05) is 26.8 Å². The molecule has 0 saturated carbocycles. The number of aromatic nitrogens is 3. The lowest BCUT2D eigenvalue weighted by Crippen LogP contribution is -2.15. The Labute approximate surface area is 136 Å². The second-order valence-corrected chi connectivity index (χ2v) is 7.03. The zero-order valence-corrected chi connectivity index (χ0v) is 13.9. The van der Waals surface area contributed by atoms with Gasteiger partial charge >= 0.3 is 5.97 Å². The van der Waals surface area contributed by atoms with Gasteiger partial charge in [0.1, 0.15) is 11.7 Å². The lowest BCUT2D eigenvalue weighted by molar-refractivity contribution is -0.138. The molecule has 6 nitrogen and oxygen atoms in total. The normalized spacial score (nSPS) is 13.0. The van der Waals surface area contributed by atoms with Gasteiger partial charge in [-0.2, -0.15) is 0 Å². The molecule has 1 unspecified atom stereocenters. The van der Waals surface area contributed by atoms with E-state index in [0.29, 0.717) is 17.9 Å². The quantitative estimate of drug-likeness (QED) is 0.854. The molecule has 23 heavy (non-hydrogen) atoms. The van der Waals surface area contributed by atoms with Crippen LogP contribution >= 0.6 is 0 Å². The van der Waals surface area contributed by atoms with E-state index in [-0.39, 0.29) is 5.41 Å². The fourth-order valence-corrected chi connectivity index (χ4v) is 2.25. The number of carboxylic acids is 1. The van der Waals surface area contributed by atoms with Gasteiger partial charge in [0.25, 0.3) is 0 Å². The zero-order chi connectivity index (χ0) is 17.0. The van der Waals surface area contributed by atoms with Crippen LogP contribution in [0, 0.1) is 5.41 Å². The maximum atomic E-state index is 11.6. The standard InChI is InChI=1S/C17H24N4O2/c1-17(2,3)6-7-21-10-14(20-11-21)13(16(22)23)8-12-4-5-15(18)19-9-12/h4-5,9-11,13H,6-8H2,1-3H3,(H2,18,19)(H,22,23). The van der Waals surface area contributed by atoms with Crippen molar-refractivity contribution in [3.05, 3.63) is 42.1 Å². The molecule has 2 heterocycles. The van der Waals surface area contributed by atoms with E-state index in [1.807, 2.05) is 10.8 Å². The van der Waals surface area contributed by atoms with E-state index in [4.69, 9.17) is 5.73 Å². The third kappa shape index (κ3) is 5.09. The van der Waals surface area contributed by atoms with Gasteiger partial charge in [0.15, 0.2) is 0 Å². The predicted molar refractivity (Wildman–Crippen MR) is 89.0 cm³/mol. The number of rotatable bonds is 6. The molecule has 2 rings (SSSR count). The molecule has 124 valence electrons. The summed E-state index contributed by atoms with van der Waals surface area (Å²) in [4.78, 5) is 19.9. The number of nitrogen functional groups attached to an aromatic ring is 1. The van der Waals surface area contributed by atoms with E-state index < -0.39 is 11.9 Å². The molecule has 0 saturated heterocycles. The number of aliphatic carboxylic acids is 1. The largest absolute Gasteiger partial charge is 0.481 e. The van der Waals surface area contributed by atoms with Gasteiger partial charge in [0, 0.05) is 18.9 Å². The Kier molecular flexibility index (Phi) is 5.03. The summed E-state index contributed by atoms with van der Waals surface area (Å²) in [6, 6.07) is 3.48. The molecule has 3 N–H and O–H groups in total. The number of hydrogen-bond acceptors (Lipinski definition) is 4. The van der Waals surface area contributed by atoms with E-state index in [0.717, 1.165) is 18.5 Å². The number of carboxylic acid groups (broad SMARTS) is 1. The van der Waals surface area contributed by atoms with Crippen molar-refractivity contribution in [3.63, 3.8) is 0 Å². The van der Waals surface area contributed by atoms with Crippen molar-refractivity contribution >= 4 is 11.8 Å². The Bertz CT molecular complexity index is 656. The molecule has 1 atom stereocenters.